The number of carbonyl (C=O) groups is 1. The lowest BCUT2D eigenvalue weighted by Gasteiger charge is -2.40. The Balaban J connectivity index is 1.87. The molecule has 19 heavy (non-hydrogen) atoms. The zero-order valence-electron chi connectivity index (χ0n) is 12.3. The third-order valence-electron chi connectivity index (χ3n) is 4.70. The maximum Gasteiger partial charge on any atom is 0.234 e. The van der Waals surface area contributed by atoms with Gasteiger partial charge in [0.1, 0.15) is 0 Å². The number of rotatable bonds is 8. The molecule has 0 heterocycles. The first-order chi connectivity index (χ1) is 9.20. The van der Waals surface area contributed by atoms with E-state index in [2.05, 4.69) is 17.1 Å². The van der Waals surface area contributed by atoms with Crippen molar-refractivity contribution < 1.29 is 4.79 Å². The zero-order chi connectivity index (χ0) is 13.7. The van der Waals surface area contributed by atoms with Crippen molar-refractivity contribution in [2.45, 2.75) is 57.4 Å². The van der Waals surface area contributed by atoms with Crippen molar-refractivity contribution in [1.82, 2.24) is 10.2 Å². The van der Waals surface area contributed by atoms with Gasteiger partial charge in [-0.2, -0.15) is 0 Å². The molecule has 0 aliphatic heterocycles. The van der Waals surface area contributed by atoms with Gasteiger partial charge < -0.3 is 11.1 Å². The summed E-state index contributed by atoms with van der Waals surface area (Å²) in [5.41, 5.74) is 6.12. The van der Waals surface area contributed by atoms with Gasteiger partial charge in [-0.25, -0.2) is 0 Å². The standard InChI is InChI=1S/C15H29N3O/c1-2-9-18(15(12-16)7-3-4-8-15)11-14(19)17-10-13-5-6-13/h13H,2-12,16H2,1H3,(H,17,19). The number of nitrogens with two attached hydrogens (primary N) is 1. The van der Waals surface area contributed by atoms with E-state index in [4.69, 9.17) is 5.73 Å². The Morgan fingerprint density at radius 1 is 1.37 bits per heavy atom. The summed E-state index contributed by atoms with van der Waals surface area (Å²) in [5, 5.41) is 3.08. The molecule has 0 spiro atoms. The minimum Gasteiger partial charge on any atom is -0.355 e. The third kappa shape index (κ3) is 3.93. The number of hydrogen-bond donors (Lipinski definition) is 2. The van der Waals surface area contributed by atoms with Crippen molar-refractivity contribution in [3.8, 4) is 0 Å². The van der Waals surface area contributed by atoms with E-state index in [-0.39, 0.29) is 11.4 Å². The lowest BCUT2D eigenvalue weighted by molar-refractivity contribution is -0.123. The summed E-state index contributed by atoms with van der Waals surface area (Å²) in [5.74, 6) is 0.929. The van der Waals surface area contributed by atoms with Gasteiger partial charge in [-0.1, -0.05) is 19.8 Å². The van der Waals surface area contributed by atoms with Crippen LogP contribution in [0.5, 0.6) is 0 Å². The van der Waals surface area contributed by atoms with E-state index in [1.54, 1.807) is 0 Å². The Kier molecular flexibility index (Phi) is 5.22. The Morgan fingerprint density at radius 3 is 2.58 bits per heavy atom. The molecule has 2 aliphatic rings. The van der Waals surface area contributed by atoms with Crippen molar-refractivity contribution in [3.05, 3.63) is 0 Å². The highest BCUT2D eigenvalue weighted by atomic mass is 16.2. The van der Waals surface area contributed by atoms with Crippen LogP contribution in [-0.2, 0) is 4.79 Å². The van der Waals surface area contributed by atoms with E-state index in [0.29, 0.717) is 13.1 Å². The molecule has 2 fully saturated rings. The smallest absolute Gasteiger partial charge is 0.234 e. The second kappa shape index (κ2) is 6.71. The monoisotopic (exact) mass is 267 g/mol. The summed E-state index contributed by atoms with van der Waals surface area (Å²) in [6, 6.07) is 0. The van der Waals surface area contributed by atoms with Crippen molar-refractivity contribution in [2.24, 2.45) is 11.7 Å². The summed E-state index contributed by atoms with van der Waals surface area (Å²) in [6.07, 6.45) is 8.45. The summed E-state index contributed by atoms with van der Waals surface area (Å²) >= 11 is 0. The Morgan fingerprint density at radius 2 is 2.05 bits per heavy atom. The number of nitrogens with one attached hydrogen (secondary N) is 1. The Bertz CT molecular complexity index is 296. The SMILES string of the molecule is CCCN(CC(=O)NCC1CC1)C1(CN)CCCC1. The molecular weight excluding hydrogens is 238 g/mol. The van der Waals surface area contributed by atoms with Crippen LogP contribution in [0.15, 0.2) is 0 Å². The molecule has 3 N–H and O–H groups in total. The summed E-state index contributed by atoms with van der Waals surface area (Å²) in [6.45, 7) is 5.23. The number of hydrogen-bond acceptors (Lipinski definition) is 3. The van der Waals surface area contributed by atoms with Gasteiger partial charge in [0.2, 0.25) is 5.91 Å². The van der Waals surface area contributed by atoms with Crippen molar-refractivity contribution in [1.29, 1.82) is 0 Å². The van der Waals surface area contributed by atoms with E-state index in [1.165, 1.54) is 25.7 Å². The molecule has 4 nitrogen and oxygen atoms in total. The topological polar surface area (TPSA) is 58.4 Å². The zero-order valence-corrected chi connectivity index (χ0v) is 12.3. The molecule has 0 radical (unpaired) electrons. The fourth-order valence-corrected chi connectivity index (χ4v) is 3.25. The summed E-state index contributed by atoms with van der Waals surface area (Å²) < 4.78 is 0. The van der Waals surface area contributed by atoms with Crippen LogP contribution in [0.1, 0.15) is 51.9 Å². The Hall–Kier alpha value is -0.610. The normalized spacial score (nSPS) is 21.8. The van der Waals surface area contributed by atoms with Gasteiger partial charge >= 0.3 is 0 Å². The van der Waals surface area contributed by atoms with Crippen molar-refractivity contribution in [2.75, 3.05) is 26.2 Å². The minimum atomic E-state index is 0.0902. The molecule has 0 bridgehead atoms. The van der Waals surface area contributed by atoms with Gasteiger partial charge in [-0.15, -0.1) is 0 Å². The molecule has 0 atom stereocenters. The van der Waals surface area contributed by atoms with Crippen LogP contribution in [0.25, 0.3) is 0 Å². The quantitative estimate of drug-likeness (QED) is 0.700. The van der Waals surface area contributed by atoms with Gasteiger partial charge in [0, 0.05) is 18.6 Å². The van der Waals surface area contributed by atoms with Gasteiger partial charge in [-0.05, 0) is 44.6 Å². The average molecular weight is 267 g/mol. The molecule has 0 unspecified atom stereocenters. The molecule has 2 rings (SSSR count). The molecule has 1 amide bonds. The van der Waals surface area contributed by atoms with Crippen LogP contribution in [0.2, 0.25) is 0 Å². The largest absolute Gasteiger partial charge is 0.355 e. The molecule has 110 valence electrons. The Labute approximate surface area is 117 Å². The van der Waals surface area contributed by atoms with Crippen LogP contribution < -0.4 is 11.1 Å². The fraction of sp³-hybridized carbons (Fsp3) is 0.933. The average Bonchev–Trinajstić information content (AvgIpc) is 3.12. The van der Waals surface area contributed by atoms with Gasteiger partial charge in [0.05, 0.1) is 6.54 Å². The third-order valence-corrected chi connectivity index (χ3v) is 4.70. The van der Waals surface area contributed by atoms with Crippen LogP contribution in [0, 0.1) is 5.92 Å². The first kappa shape index (κ1) is 14.8. The van der Waals surface area contributed by atoms with E-state index in [0.717, 1.165) is 38.3 Å². The van der Waals surface area contributed by atoms with E-state index in [1.807, 2.05) is 0 Å². The van der Waals surface area contributed by atoms with E-state index in [9.17, 15) is 4.79 Å². The molecule has 0 aromatic rings. The molecule has 2 aliphatic carbocycles. The predicted octanol–water partition coefficient (Wildman–Crippen LogP) is 1.50. The molecule has 4 heteroatoms. The van der Waals surface area contributed by atoms with Gasteiger partial charge in [-0.3, -0.25) is 9.69 Å². The van der Waals surface area contributed by atoms with E-state index < -0.39 is 0 Å². The molecule has 0 aromatic heterocycles. The van der Waals surface area contributed by atoms with Crippen LogP contribution in [0.4, 0.5) is 0 Å². The number of amides is 1. The lowest BCUT2D eigenvalue weighted by Crippen LogP contribution is -2.55. The number of nitrogens with zero attached hydrogens (tertiary/aromatic N) is 1. The van der Waals surface area contributed by atoms with Crippen LogP contribution >= 0.6 is 0 Å². The van der Waals surface area contributed by atoms with Crippen molar-refractivity contribution >= 4 is 5.91 Å². The van der Waals surface area contributed by atoms with Crippen LogP contribution in [-0.4, -0.2) is 42.5 Å². The first-order valence-electron chi connectivity index (χ1n) is 7.92. The highest BCUT2D eigenvalue weighted by Crippen LogP contribution is 2.34. The predicted molar refractivity (Wildman–Crippen MR) is 77.9 cm³/mol. The second-order valence-electron chi connectivity index (χ2n) is 6.30. The first-order valence-corrected chi connectivity index (χ1v) is 7.92. The van der Waals surface area contributed by atoms with Gasteiger partial charge in [0.15, 0.2) is 0 Å². The van der Waals surface area contributed by atoms with E-state index >= 15 is 0 Å². The summed E-state index contributed by atoms with van der Waals surface area (Å²) in [7, 11) is 0. The molecular formula is C15H29N3O. The lowest BCUT2D eigenvalue weighted by atomic mass is 9.94. The maximum atomic E-state index is 12.1. The van der Waals surface area contributed by atoms with Crippen LogP contribution in [0.3, 0.4) is 0 Å². The fourth-order valence-electron chi connectivity index (χ4n) is 3.25. The molecule has 0 saturated heterocycles. The van der Waals surface area contributed by atoms with Gasteiger partial charge in [0.25, 0.3) is 0 Å². The second-order valence-corrected chi connectivity index (χ2v) is 6.30. The highest BCUT2D eigenvalue weighted by molar-refractivity contribution is 5.78. The highest BCUT2D eigenvalue weighted by Gasteiger charge is 2.38. The van der Waals surface area contributed by atoms with Crippen molar-refractivity contribution in [3.63, 3.8) is 0 Å². The molecule has 0 aromatic carbocycles. The molecule has 2 saturated carbocycles. The maximum absolute atomic E-state index is 12.1. The summed E-state index contributed by atoms with van der Waals surface area (Å²) in [4.78, 5) is 14.4. The number of carbonyl (C=O) groups excluding carboxylic acids is 1. The minimum absolute atomic E-state index is 0.0902.